The van der Waals surface area contributed by atoms with E-state index in [1.807, 2.05) is 6.92 Å². The summed E-state index contributed by atoms with van der Waals surface area (Å²) in [6, 6.07) is 0. The molecule has 0 saturated carbocycles. The molecule has 0 amide bonds. The van der Waals surface area contributed by atoms with Crippen LogP contribution in [0.1, 0.15) is 40.0 Å². The number of aliphatic hydroxyl groups excluding tert-OH is 2. The van der Waals surface area contributed by atoms with Gasteiger partial charge in [-0.25, -0.2) is 9.59 Å². The number of carbonyl (C=O) groups is 2. The van der Waals surface area contributed by atoms with Gasteiger partial charge in [0.25, 0.3) is 0 Å². The Morgan fingerprint density at radius 1 is 1.20 bits per heavy atom. The third-order valence-corrected chi connectivity index (χ3v) is 3.40. The molecular weight excluding hydrogens is 260 g/mol. The van der Waals surface area contributed by atoms with E-state index in [1.54, 1.807) is 13.0 Å². The van der Waals surface area contributed by atoms with Crippen LogP contribution in [0.3, 0.4) is 0 Å². The zero-order valence-corrected chi connectivity index (χ0v) is 12.4. The van der Waals surface area contributed by atoms with E-state index in [2.05, 4.69) is 11.3 Å². The molecule has 0 aromatic rings. The Morgan fingerprint density at radius 2 is 1.75 bits per heavy atom. The van der Waals surface area contributed by atoms with Crippen molar-refractivity contribution >= 4 is 11.9 Å². The van der Waals surface area contributed by atoms with Crippen molar-refractivity contribution in [3.8, 4) is 0 Å². The Morgan fingerprint density at radius 3 is 2.15 bits per heavy atom. The highest BCUT2D eigenvalue weighted by atomic mass is 16.6. The molecule has 0 aliphatic heterocycles. The Bertz CT molecular complexity index is 383. The number of rotatable bonds is 8. The summed E-state index contributed by atoms with van der Waals surface area (Å²) in [6.45, 7) is 8.09. The second-order valence-corrected chi connectivity index (χ2v) is 5.05. The number of esters is 2. The molecule has 114 valence electrons. The first-order valence-electron chi connectivity index (χ1n) is 6.62. The molecule has 0 saturated heterocycles. The second-order valence-electron chi connectivity index (χ2n) is 5.05. The van der Waals surface area contributed by atoms with Crippen LogP contribution in [-0.2, 0) is 14.3 Å². The van der Waals surface area contributed by atoms with E-state index in [0.717, 1.165) is 0 Å². The molecule has 0 aliphatic carbocycles. The average molecular weight is 284 g/mol. The molecule has 0 spiro atoms. The molecule has 0 fully saturated rings. The van der Waals surface area contributed by atoms with E-state index in [0.29, 0.717) is 24.8 Å². The van der Waals surface area contributed by atoms with Crippen molar-refractivity contribution in [2.75, 3.05) is 13.2 Å². The first-order chi connectivity index (χ1) is 9.31. The standard InChI is InChI=1S/C15H24O5/c1-5-15(9-16,10-17)8-6-7-12(4)14(19)20-13(18)11(2)3/h7,16-17H,2,5-6,8-10H2,1,3-4H3. The van der Waals surface area contributed by atoms with Gasteiger partial charge in [0.15, 0.2) is 0 Å². The van der Waals surface area contributed by atoms with E-state index in [4.69, 9.17) is 0 Å². The van der Waals surface area contributed by atoms with Crippen molar-refractivity contribution in [2.45, 2.75) is 40.0 Å². The summed E-state index contributed by atoms with van der Waals surface area (Å²) in [5.41, 5.74) is -0.0500. The molecular formula is C15H24O5. The average Bonchev–Trinajstić information content (AvgIpc) is 2.43. The first-order valence-corrected chi connectivity index (χ1v) is 6.62. The third kappa shape index (κ3) is 5.67. The number of hydrogen-bond donors (Lipinski definition) is 2. The summed E-state index contributed by atoms with van der Waals surface area (Å²) in [7, 11) is 0. The number of aliphatic hydroxyl groups is 2. The van der Waals surface area contributed by atoms with E-state index >= 15 is 0 Å². The van der Waals surface area contributed by atoms with Gasteiger partial charge in [-0.05, 0) is 33.1 Å². The van der Waals surface area contributed by atoms with E-state index in [9.17, 15) is 19.8 Å². The van der Waals surface area contributed by atoms with Crippen LogP contribution in [0.2, 0.25) is 0 Å². The van der Waals surface area contributed by atoms with Crippen LogP contribution in [0.15, 0.2) is 23.8 Å². The van der Waals surface area contributed by atoms with Gasteiger partial charge in [-0.1, -0.05) is 19.6 Å². The molecule has 0 aromatic heterocycles. The quantitative estimate of drug-likeness (QED) is 0.403. The van der Waals surface area contributed by atoms with Crippen molar-refractivity contribution in [1.29, 1.82) is 0 Å². The van der Waals surface area contributed by atoms with Gasteiger partial charge in [-0.3, -0.25) is 0 Å². The highest BCUT2D eigenvalue weighted by Crippen LogP contribution is 2.27. The highest BCUT2D eigenvalue weighted by molar-refractivity contribution is 6.00. The van der Waals surface area contributed by atoms with E-state index < -0.39 is 17.4 Å². The molecule has 0 radical (unpaired) electrons. The zero-order chi connectivity index (χ0) is 15.8. The van der Waals surface area contributed by atoms with Crippen LogP contribution in [0.5, 0.6) is 0 Å². The van der Waals surface area contributed by atoms with Crippen LogP contribution in [-0.4, -0.2) is 35.4 Å². The molecule has 0 bridgehead atoms. The number of ether oxygens (including phenoxy) is 1. The van der Waals surface area contributed by atoms with Crippen molar-refractivity contribution < 1.29 is 24.5 Å². The second kappa shape index (κ2) is 8.66. The smallest absolute Gasteiger partial charge is 0.341 e. The van der Waals surface area contributed by atoms with Gasteiger partial charge in [-0.15, -0.1) is 0 Å². The van der Waals surface area contributed by atoms with Gasteiger partial charge < -0.3 is 14.9 Å². The Labute approximate surface area is 119 Å². The first kappa shape index (κ1) is 18.5. The molecule has 0 aromatic carbocycles. The molecule has 20 heavy (non-hydrogen) atoms. The normalized spacial score (nSPS) is 12.2. The van der Waals surface area contributed by atoms with Crippen molar-refractivity contribution in [3.63, 3.8) is 0 Å². The fourth-order valence-electron chi connectivity index (χ4n) is 1.54. The van der Waals surface area contributed by atoms with Gasteiger partial charge in [0.05, 0.1) is 13.2 Å². The molecule has 0 rings (SSSR count). The zero-order valence-electron chi connectivity index (χ0n) is 12.4. The topological polar surface area (TPSA) is 83.8 Å². The van der Waals surface area contributed by atoms with Gasteiger partial charge in [0.1, 0.15) is 0 Å². The lowest BCUT2D eigenvalue weighted by atomic mass is 9.82. The predicted molar refractivity (Wildman–Crippen MR) is 75.8 cm³/mol. The minimum atomic E-state index is -0.739. The Balaban J connectivity index is 4.49. The lowest BCUT2D eigenvalue weighted by Crippen LogP contribution is -2.28. The molecule has 0 aliphatic rings. The maximum atomic E-state index is 11.6. The highest BCUT2D eigenvalue weighted by Gasteiger charge is 2.25. The SMILES string of the molecule is C=C(C)C(=O)OC(=O)C(C)=CCCC(CC)(CO)CO. The summed E-state index contributed by atoms with van der Waals surface area (Å²) >= 11 is 0. The Kier molecular flexibility index (Phi) is 8.03. The van der Waals surface area contributed by atoms with Crippen LogP contribution in [0, 0.1) is 5.41 Å². The molecule has 5 heteroatoms. The summed E-state index contributed by atoms with van der Waals surface area (Å²) in [4.78, 5) is 22.8. The Hall–Kier alpha value is -1.46. The van der Waals surface area contributed by atoms with Crippen LogP contribution >= 0.6 is 0 Å². The largest absolute Gasteiger partial charge is 0.396 e. The maximum absolute atomic E-state index is 11.6. The van der Waals surface area contributed by atoms with Gasteiger partial charge in [-0.2, -0.15) is 0 Å². The predicted octanol–water partition coefficient (Wildman–Crippen LogP) is 1.74. The summed E-state index contributed by atoms with van der Waals surface area (Å²) in [6.07, 6.45) is 3.35. The molecule has 2 N–H and O–H groups in total. The molecule has 5 nitrogen and oxygen atoms in total. The van der Waals surface area contributed by atoms with Crippen LogP contribution < -0.4 is 0 Å². The van der Waals surface area contributed by atoms with E-state index in [-0.39, 0.29) is 18.8 Å². The number of allylic oxidation sites excluding steroid dienone is 1. The number of hydrogen-bond acceptors (Lipinski definition) is 5. The van der Waals surface area contributed by atoms with Crippen molar-refractivity contribution in [1.82, 2.24) is 0 Å². The molecule has 0 heterocycles. The fraction of sp³-hybridized carbons (Fsp3) is 0.600. The van der Waals surface area contributed by atoms with Crippen molar-refractivity contribution in [3.05, 3.63) is 23.8 Å². The van der Waals surface area contributed by atoms with E-state index in [1.165, 1.54) is 6.92 Å². The van der Waals surface area contributed by atoms with Crippen molar-refractivity contribution in [2.24, 2.45) is 5.41 Å². The summed E-state index contributed by atoms with van der Waals surface area (Å²) in [5.74, 6) is -1.44. The third-order valence-electron chi connectivity index (χ3n) is 3.40. The maximum Gasteiger partial charge on any atom is 0.341 e. The minimum absolute atomic E-state index is 0.106. The monoisotopic (exact) mass is 284 g/mol. The lowest BCUT2D eigenvalue weighted by molar-refractivity contribution is -0.153. The fourth-order valence-corrected chi connectivity index (χ4v) is 1.54. The van der Waals surface area contributed by atoms with Crippen LogP contribution in [0.25, 0.3) is 0 Å². The summed E-state index contributed by atoms with van der Waals surface area (Å²) < 4.78 is 4.59. The van der Waals surface area contributed by atoms with Crippen LogP contribution in [0.4, 0.5) is 0 Å². The lowest BCUT2D eigenvalue weighted by Gasteiger charge is -2.27. The van der Waals surface area contributed by atoms with Gasteiger partial charge in [0, 0.05) is 16.6 Å². The molecule has 0 unspecified atom stereocenters. The summed E-state index contributed by atoms with van der Waals surface area (Å²) in [5, 5.41) is 18.6. The molecule has 0 atom stereocenters. The number of carbonyl (C=O) groups excluding carboxylic acids is 2. The van der Waals surface area contributed by atoms with Gasteiger partial charge >= 0.3 is 11.9 Å². The minimum Gasteiger partial charge on any atom is -0.396 e. The van der Waals surface area contributed by atoms with Gasteiger partial charge in [0.2, 0.25) is 0 Å².